The lowest BCUT2D eigenvalue weighted by molar-refractivity contribution is -0.111. The average molecular weight is 352 g/mol. The smallest absolute Gasteiger partial charge is 0.248 e. The SMILES string of the molecule is COc1ccc(NC(=O)/C=C/c2cc(Cl)cc(Cl)c2OC)cc1. The van der Waals surface area contributed by atoms with Gasteiger partial charge in [-0.2, -0.15) is 0 Å². The zero-order valence-electron chi connectivity index (χ0n) is 12.6. The summed E-state index contributed by atoms with van der Waals surface area (Å²) >= 11 is 12.0. The highest BCUT2D eigenvalue weighted by Crippen LogP contribution is 2.32. The lowest BCUT2D eigenvalue weighted by Crippen LogP contribution is -2.07. The van der Waals surface area contributed by atoms with E-state index >= 15 is 0 Å². The molecule has 1 N–H and O–H groups in total. The van der Waals surface area contributed by atoms with Gasteiger partial charge in [-0.1, -0.05) is 23.2 Å². The summed E-state index contributed by atoms with van der Waals surface area (Å²) in [5.74, 6) is 0.898. The van der Waals surface area contributed by atoms with Crippen LogP contribution >= 0.6 is 23.2 Å². The van der Waals surface area contributed by atoms with Crippen molar-refractivity contribution in [1.29, 1.82) is 0 Å². The molecule has 0 fully saturated rings. The predicted octanol–water partition coefficient (Wildman–Crippen LogP) is 4.66. The lowest BCUT2D eigenvalue weighted by Gasteiger charge is -2.08. The minimum Gasteiger partial charge on any atom is -0.497 e. The number of carbonyl (C=O) groups is 1. The summed E-state index contributed by atoms with van der Waals surface area (Å²) < 4.78 is 10.3. The van der Waals surface area contributed by atoms with Crippen LogP contribution in [0.15, 0.2) is 42.5 Å². The first-order chi connectivity index (χ1) is 11.0. The minimum absolute atomic E-state index is 0.284. The summed E-state index contributed by atoms with van der Waals surface area (Å²) in [6.07, 6.45) is 2.98. The van der Waals surface area contributed by atoms with Crippen LogP contribution in [-0.2, 0) is 4.79 Å². The normalized spacial score (nSPS) is 10.6. The second kappa shape index (κ2) is 7.90. The van der Waals surface area contributed by atoms with Gasteiger partial charge in [-0.05, 0) is 42.5 Å². The molecule has 0 unspecified atom stereocenters. The number of rotatable bonds is 5. The summed E-state index contributed by atoms with van der Waals surface area (Å²) in [4.78, 5) is 12.0. The molecule has 0 radical (unpaired) electrons. The second-order valence-corrected chi connectivity index (χ2v) is 5.40. The van der Waals surface area contributed by atoms with Crippen molar-refractivity contribution in [3.05, 3.63) is 58.1 Å². The number of halogens is 2. The van der Waals surface area contributed by atoms with Gasteiger partial charge >= 0.3 is 0 Å². The molecule has 2 rings (SSSR count). The van der Waals surface area contributed by atoms with Crippen molar-refractivity contribution in [1.82, 2.24) is 0 Å². The topological polar surface area (TPSA) is 47.6 Å². The third kappa shape index (κ3) is 4.65. The number of amides is 1. The zero-order valence-corrected chi connectivity index (χ0v) is 14.1. The summed E-state index contributed by atoms with van der Waals surface area (Å²) in [6, 6.07) is 10.3. The van der Waals surface area contributed by atoms with Gasteiger partial charge < -0.3 is 14.8 Å². The lowest BCUT2D eigenvalue weighted by atomic mass is 10.2. The maximum atomic E-state index is 12.0. The van der Waals surface area contributed by atoms with Gasteiger partial charge in [-0.25, -0.2) is 0 Å². The number of ether oxygens (including phenoxy) is 2. The Hall–Kier alpha value is -2.17. The van der Waals surface area contributed by atoms with Crippen molar-refractivity contribution in [2.75, 3.05) is 19.5 Å². The highest BCUT2D eigenvalue weighted by molar-refractivity contribution is 6.36. The Morgan fingerprint density at radius 3 is 2.39 bits per heavy atom. The van der Waals surface area contributed by atoms with Crippen molar-refractivity contribution >= 4 is 40.9 Å². The standard InChI is InChI=1S/C17H15Cl2NO3/c1-22-14-6-4-13(5-7-14)20-16(21)8-3-11-9-12(18)10-15(19)17(11)23-2/h3-10H,1-2H3,(H,20,21)/b8-3+. The molecule has 0 saturated carbocycles. The molecule has 4 nitrogen and oxygen atoms in total. The Labute approximate surface area is 144 Å². The molecule has 2 aromatic carbocycles. The predicted molar refractivity (Wildman–Crippen MR) is 93.7 cm³/mol. The van der Waals surface area contributed by atoms with Gasteiger partial charge in [0, 0.05) is 22.3 Å². The number of hydrogen-bond donors (Lipinski definition) is 1. The van der Waals surface area contributed by atoms with E-state index in [4.69, 9.17) is 32.7 Å². The van der Waals surface area contributed by atoms with Crippen LogP contribution in [0.25, 0.3) is 6.08 Å². The van der Waals surface area contributed by atoms with Crippen LogP contribution in [0.5, 0.6) is 11.5 Å². The van der Waals surface area contributed by atoms with E-state index in [1.807, 2.05) is 0 Å². The molecule has 0 bridgehead atoms. The van der Waals surface area contributed by atoms with Crippen molar-refractivity contribution in [3.63, 3.8) is 0 Å². The maximum absolute atomic E-state index is 12.0. The molecule has 0 spiro atoms. The molecule has 1 amide bonds. The van der Waals surface area contributed by atoms with Crippen LogP contribution in [0.3, 0.4) is 0 Å². The third-order valence-electron chi connectivity index (χ3n) is 3.01. The van der Waals surface area contributed by atoms with Gasteiger partial charge in [0.2, 0.25) is 5.91 Å². The van der Waals surface area contributed by atoms with E-state index in [0.717, 1.165) is 5.75 Å². The van der Waals surface area contributed by atoms with Gasteiger partial charge in [0.05, 0.1) is 19.2 Å². The number of nitrogens with one attached hydrogen (secondary N) is 1. The third-order valence-corrected chi connectivity index (χ3v) is 3.51. The van der Waals surface area contributed by atoms with E-state index < -0.39 is 0 Å². The maximum Gasteiger partial charge on any atom is 0.248 e. The highest BCUT2D eigenvalue weighted by Gasteiger charge is 2.08. The number of carbonyl (C=O) groups excluding carboxylic acids is 1. The largest absolute Gasteiger partial charge is 0.497 e. The molecule has 6 heteroatoms. The minimum atomic E-state index is -0.284. The molecular formula is C17H15Cl2NO3. The van der Waals surface area contributed by atoms with Gasteiger partial charge in [-0.3, -0.25) is 4.79 Å². The first-order valence-corrected chi connectivity index (χ1v) is 7.45. The molecule has 0 aromatic heterocycles. The summed E-state index contributed by atoms with van der Waals surface area (Å²) in [5, 5.41) is 3.59. The molecule has 120 valence electrons. The fourth-order valence-electron chi connectivity index (χ4n) is 1.94. The van der Waals surface area contributed by atoms with Crippen LogP contribution in [0.2, 0.25) is 10.0 Å². The highest BCUT2D eigenvalue weighted by atomic mass is 35.5. The Morgan fingerprint density at radius 1 is 1.09 bits per heavy atom. The van der Waals surface area contributed by atoms with Gasteiger partial charge in [0.1, 0.15) is 11.5 Å². The first kappa shape index (κ1) is 17.2. The number of anilines is 1. The zero-order chi connectivity index (χ0) is 16.8. The van der Waals surface area contributed by atoms with E-state index in [-0.39, 0.29) is 5.91 Å². The van der Waals surface area contributed by atoms with Gasteiger partial charge in [0.25, 0.3) is 0 Å². The Kier molecular flexibility index (Phi) is 5.90. The molecule has 0 atom stereocenters. The summed E-state index contributed by atoms with van der Waals surface area (Å²) in [5.41, 5.74) is 1.28. The number of methoxy groups -OCH3 is 2. The van der Waals surface area contributed by atoms with Crippen LogP contribution < -0.4 is 14.8 Å². The van der Waals surface area contributed by atoms with Crippen molar-refractivity contribution in [2.45, 2.75) is 0 Å². The Morgan fingerprint density at radius 2 is 1.78 bits per heavy atom. The fourth-order valence-corrected chi connectivity index (χ4v) is 2.53. The molecule has 23 heavy (non-hydrogen) atoms. The molecule has 0 heterocycles. The van der Waals surface area contributed by atoms with E-state index in [1.54, 1.807) is 49.6 Å². The van der Waals surface area contributed by atoms with E-state index in [9.17, 15) is 4.79 Å². The van der Waals surface area contributed by atoms with Crippen LogP contribution in [-0.4, -0.2) is 20.1 Å². The molecule has 0 aliphatic heterocycles. The molecule has 2 aromatic rings. The van der Waals surface area contributed by atoms with Crippen molar-refractivity contribution in [2.24, 2.45) is 0 Å². The van der Waals surface area contributed by atoms with Crippen LogP contribution in [0.4, 0.5) is 5.69 Å². The van der Waals surface area contributed by atoms with Gasteiger partial charge in [-0.15, -0.1) is 0 Å². The molecular weight excluding hydrogens is 337 g/mol. The van der Waals surface area contributed by atoms with Crippen molar-refractivity contribution < 1.29 is 14.3 Å². The first-order valence-electron chi connectivity index (χ1n) is 6.69. The summed E-state index contributed by atoms with van der Waals surface area (Å²) in [6.45, 7) is 0. The number of benzene rings is 2. The average Bonchev–Trinajstić information content (AvgIpc) is 2.53. The Bertz CT molecular complexity index is 727. The second-order valence-electron chi connectivity index (χ2n) is 4.56. The monoisotopic (exact) mass is 351 g/mol. The van der Waals surface area contributed by atoms with E-state index in [2.05, 4.69) is 5.32 Å². The van der Waals surface area contributed by atoms with Gasteiger partial charge in [0.15, 0.2) is 0 Å². The summed E-state index contributed by atoms with van der Waals surface area (Å²) in [7, 11) is 3.09. The van der Waals surface area contributed by atoms with Crippen LogP contribution in [0, 0.1) is 0 Å². The molecule has 0 aliphatic carbocycles. The van der Waals surface area contributed by atoms with Crippen molar-refractivity contribution in [3.8, 4) is 11.5 Å². The molecule has 0 aliphatic rings. The van der Waals surface area contributed by atoms with E-state index in [1.165, 1.54) is 13.2 Å². The molecule has 0 saturated heterocycles. The fraction of sp³-hybridized carbons (Fsp3) is 0.118. The number of hydrogen-bond acceptors (Lipinski definition) is 3. The van der Waals surface area contributed by atoms with Crippen LogP contribution in [0.1, 0.15) is 5.56 Å². The Balaban J connectivity index is 2.11. The van der Waals surface area contributed by atoms with E-state index in [0.29, 0.717) is 27.0 Å². The quantitative estimate of drug-likeness (QED) is 0.796.